The Morgan fingerprint density at radius 1 is 1.03 bits per heavy atom. The van der Waals surface area contributed by atoms with E-state index in [1.165, 1.54) is 0 Å². The summed E-state index contributed by atoms with van der Waals surface area (Å²) in [5, 5.41) is 0. The minimum Gasteiger partial charge on any atom is -0.493 e. The molecular formula is C24H26O6. The van der Waals surface area contributed by atoms with Crippen molar-refractivity contribution >= 4 is 11.8 Å². The van der Waals surface area contributed by atoms with Crippen LogP contribution in [0.3, 0.4) is 0 Å². The molecule has 1 fully saturated rings. The van der Waals surface area contributed by atoms with E-state index >= 15 is 0 Å². The van der Waals surface area contributed by atoms with E-state index in [0.29, 0.717) is 30.3 Å². The van der Waals surface area contributed by atoms with Crippen molar-refractivity contribution < 1.29 is 28.5 Å². The van der Waals surface area contributed by atoms with E-state index in [9.17, 15) is 9.59 Å². The van der Waals surface area contributed by atoms with E-state index in [2.05, 4.69) is 0 Å². The Bertz CT molecular complexity index is 960. The molecule has 0 amide bonds. The molecule has 2 aliphatic carbocycles. The van der Waals surface area contributed by atoms with Gasteiger partial charge in [0.25, 0.3) is 0 Å². The van der Waals surface area contributed by atoms with Gasteiger partial charge < -0.3 is 18.9 Å². The van der Waals surface area contributed by atoms with Crippen LogP contribution in [0.4, 0.5) is 0 Å². The summed E-state index contributed by atoms with van der Waals surface area (Å²) >= 11 is 0. The first-order chi connectivity index (χ1) is 14.6. The molecule has 0 unspecified atom stereocenters. The third-order valence-corrected chi connectivity index (χ3v) is 5.61. The minimum absolute atomic E-state index is 0.00601. The highest BCUT2D eigenvalue weighted by atomic mass is 16.6. The van der Waals surface area contributed by atoms with Crippen molar-refractivity contribution in [1.29, 1.82) is 0 Å². The van der Waals surface area contributed by atoms with Crippen LogP contribution in [0.1, 0.15) is 48.5 Å². The van der Waals surface area contributed by atoms with Gasteiger partial charge in [-0.1, -0.05) is 18.2 Å². The lowest BCUT2D eigenvalue weighted by molar-refractivity contribution is -0.155. The number of ketones is 1. The van der Waals surface area contributed by atoms with Crippen molar-refractivity contribution in [3.05, 3.63) is 41.5 Å². The molecule has 0 N–H and O–H groups in total. The Morgan fingerprint density at radius 3 is 2.53 bits per heavy atom. The minimum atomic E-state index is -0.393. The quantitative estimate of drug-likeness (QED) is 0.602. The lowest BCUT2D eigenvalue weighted by Gasteiger charge is -2.25. The first-order valence-electron chi connectivity index (χ1n) is 10.4. The Balaban J connectivity index is 1.67. The van der Waals surface area contributed by atoms with E-state index in [1.54, 1.807) is 7.11 Å². The van der Waals surface area contributed by atoms with E-state index < -0.39 is 5.97 Å². The van der Waals surface area contributed by atoms with Gasteiger partial charge in [0, 0.05) is 17.5 Å². The number of aryl methyl sites for hydroxylation is 1. The third-order valence-electron chi connectivity index (χ3n) is 5.61. The molecule has 2 aliphatic rings. The Kier molecular flexibility index (Phi) is 5.93. The van der Waals surface area contributed by atoms with Gasteiger partial charge >= 0.3 is 5.97 Å². The molecule has 0 aliphatic heterocycles. The fraction of sp³-hybridized carbons (Fsp3) is 0.417. The maximum absolute atomic E-state index is 12.2. The van der Waals surface area contributed by atoms with Gasteiger partial charge in [0.15, 0.2) is 23.9 Å². The first-order valence-corrected chi connectivity index (χ1v) is 10.4. The number of ether oxygens (including phenoxy) is 4. The molecule has 6 heteroatoms. The van der Waals surface area contributed by atoms with Gasteiger partial charge in [0.05, 0.1) is 13.7 Å². The number of esters is 1. The number of carbonyl (C=O) groups is 2. The predicted molar refractivity (Wildman–Crippen MR) is 111 cm³/mol. The molecule has 0 heterocycles. The predicted octanol–water partition coefficient (Wildman–Crippen LogP) is 4.36. The fourth-order valence-corrected chi connectivity index (χ4v) is 3.82. The van der Waals surface area contributed by atoms with Crippen LogP contribution in [0.5, 0.6) is 17.2 Å². The van der Waals surface area contributed by atoms with Gasteiger partial charge in [0.2, 0.25) is 5.75 Å². The second-order valence-electron chi connectivity index (χ2n) is 7.53. The monoisotopic (exact) mass is 410 g/mol. The smallest absolute Gasteiger partial charge is 0.344 e. The first kappa shape index (κ1) is 20.3. The molecule has 2 aromatic rings. The van der Waals surface area contributed by atoms with Crippen molar-refractivity contribution in [2.75, 3.05) is 20.3 Å². The highest BCUT2D eigenvalue weighted by Gasteiger charge is 2.25. The molecule has 0 aromatic heterocycles. The maximum atomic E-state index is 12.2. The number of methoxy groups -OCH3 is 1. The van der Waals surface area contributed by atoms with Gasteiger partial charge in [-0.05, 0) is 55.9 Å². The summed E-state index contributed by atoms with van der Waals surface area (Å²) in [5.41, 5.74) is 3.48. The largest absolute Gasteiger partial charge is 0.493 e. The van der Waals surface area contributed by atoms with Gasteiger partial charge in [-0.3, -0.25) is 4.79 Å². The standard InChI is InChI=1S/C24H26O6/c1-3-28-24-21(27-2)12-10-19(16-7-9-18-15(13-16)8-11-20(18)25)23(24)29-14-22(26)30-17-5-4-6-17/h7,9-10,12-13,17H,3-6,8,11,14H2,1-2H3. The van der Waals surface area contributed by atoms with Crippen molar-refractivity contribution in [3.8, 4) is 28.4 Å². The van der Waals surface area contributed by atoms with Crippen LogP contribution in [0.25, 0.3) is 11.1 Å². The summed E-state index contributed by atoms with van der Waals surface area (Å²) in [4.78, 5) is 24.2. The zero-order valence-corrected chi connectivity index (χ0v) is 17.4. The molecule has 0 atom stereocenters. The number of benzene rings is 2. The van der Waals surface area contributed by atoms with Crippen molar-refractivity contribution in [2.45, 2.75) is 45.1 Å². The molecule has 0 bridgehead atoms. The van der Waals surface area contributed by atoms with Crippen LogP contribution in [-0.2, 0) is 16.0 Å². The summed E-state index contributed by atoms with van der Waals surface area (Å²) < 4.78 is 22.6. The van der Waals surface area contributed by atoms with Gasteiger partial charge in [-0.15, -0.1) is 0 Å². The van der Waals surface area contributed by atoms with Crippen LogP contribution in [-0.4, -0.2) is 38.2 Å². The van der Waals surface area contributed by atoms with E-state index in [-0.39, 0.29) is 18.5 Å². The molecule has 0 saturated heterocycles. The molecule has 158 valence electrons. The van der Waals surface area contributed by atoms with Crippen LogP contribution in [0.2, 0.25) is 0 Å². The third kappa shape index (κ3) is 3.99. The van der Waals surface area contributed by atoms with Crippen LogP contribution >= 0.6 is 0 Å². The molecular weight excluding hydrogens is 384 g/mol. The zero-order valence-electron chi connectivity index (χ0n) is 17.4. The zero-order chi connectivity index (χ0) is 21.1. The summed E-state index contributed by atoms with van der Waals surface area (Å²) in [6.07, 6.45) is 4.20. The van der Waals surface area contributed by atoms with Crippen molar-refractivity contribution in [1.82, 2.24) is 0 Å². The number of Topliss-reactive ketones (excluding diaryl/α,β-unsaturated/α-hetero) is 1. The highest BCUT2D eigenvalue weighted by Crippen LogP contribution is 2.45. The Morgan fingerprint density at radius 2 is 1.83 bits per heavy atom. The van der Waals surface area contributed by atoms with Crippen LogP contribution in [0, 0.1) is 0 Å². The fourth-order valence-electron chi connectivity index (χ4n) is 3.82. The molecule has 0 radical (unpaired) electrons. The molecule has 1 saturated carbocycles. The second-order valence-corrected chi connectivity index (χ2v) is 7.53. The summed E-state index contributed by atoms with van der Waals surface area (Å²) in [7, 11) is 1.56. The van der Waals surface area contributed by atoms with Gasteiger partial charge in [-0.25, -0.2) is 4.79 Å². The highest BCUT2D eigenvalue weighted by molar-refractivity contribution is 6.01. The lowest BCUT2D eigenvalue weighted by atomic mass is 9.96. The van der Waals surface area contributed by atoms with E-state index in [0.717, 1.165) is 47.9 Å². The lowest BCUT2D eigenvalue weighted by Crippen LogP contribution is -2.28. The molecule has 30 heavy (non-hydrogen) atoms. The Hall–Kier alpha value is -3.02. The average Bonchev–Trinajstić information content (AvgIpc) is 3.09. The summed E-state index contributed by atoms with van der Waals surface area (Å²) in [6, 6.07) is 9.47. The number of carbonyl (C=O) groups excluding carboxylic acids is 2. The number of hydrogen-bond acceptors (Lipinski definition) is 6. The number of rotatable bonds is 8. The normalized spacial score (nSPS) is 15.3. The van der Waals surface area contributed by atoms with Gasteiger partial charge in [-0.2, -0.15) is 0 Å². The topological polar surface area (TPSA) is 71.1 Å². The summed E-state index contributed by atoms with van der Waals surface area (Å²) in [6.45, 7) is 2.09. The van der Waals surface area contributed by atoms with E-state index in [4.69, 9.17) is 18.9 Å². The maximum Gasteiger partial charge on any atom is 0.344 e. The Labute approximate surface area is 176 Å². The van der Waals surface area contributed by atoms with Gasteiger partial charge in [0.1, 0.15) is 6.10 Å². The van der Waals surface area contributed by atoms with Crippen LogP contribution in [0.15, 0.2) is 30.3 Å². The number of fused-ring (bicyclic) bond motifs is 1. The molecule has 2 aromatic carbocycles. The number of hydrogen-bond donors (Lipinski definition) is 0. The SMILES string of the molecule is CCOc1c(OC)ccc(-c2ccc3c(c2)CCC3=O)c1OCC(=O)OC1CCC1. The van der Waals surface area contributed by atoms with E-state index in [1.807, 2.05) is 37.3 Å². The molecule has 0 spiro atoms. The second kappa shape index (κ2) is 8.78. The van der Waals surface area contributed by atoms with Crippen LogP contribution < -0.4 is 14.2 Å². The van der Waals surface area contributed by atoms with Crippen molar-refractivity contribution in [3.63, 3.8) is 0 Å². The molecule has 4 rings (SSSR count). The molecule has 6 nitrogen and oxygen atoms in total. The average molecular weight is 410 g/mol. The van der Waals surface area contributed by atoms with Crippen molar-refractivity contribution in [2.24, 2.45) is 0 Å². The summed E-state index contributed by atoms with van der Waals surface area (Å²) in [5.74, 6) is 1.20.